The van der Waals surface area contributed by atoms with Gasteiger partial charge in [-0.2, -0.15) is 13.2 Å². The third kappa shape index (κ3) is 3.95. The van der Waals surface area contributed by atoms with E-state index in [9.17, 15) is 18.0 Å². The van der Waals surface area contributed by atoms with Crippen molar-refractivity contribution in [3.8, 4) is 0 Å². The van der Waals surface area contributed by atoms with Crippen LogP contribution in [0.1, 0.15) is 12.6 Å². The zero-order valence-corrected chi connectivity index (χ0v) is 12.3. The van der Waals surface area contributed by atoms with Crippen LogP contribution in [0, 0.1) is 0 Å². The number of alkyl halides is 3. The fourth-order valence-corrected chi connectivity index (χ4v) is 1.91. The maximum absolute atomic E-state index is 12.8. The Morgan fingerprint density at radius 1 is 1.22 bits per heavy atom. The van der Waals surface area contributed by atoms with Crippen LogP contribution >= 0.6 is 0 Å². The van der Waals surface area contributed by atoms with Gasteiger partial charge in [-0.15, -0.1) is 0 Å². The molecule has 23 heavy (non-hydrogen) atoms. The van der Waals surface area contributed by atoms with Crippen molar-refractivity contribution in [1.82, 2.24) is 9.97 Å². The van der Waals surface area contributed by atoms with Crippen LogP contribution in [0.4, 0.5) is 30.4 Å². The molecule has 0 radical (unpaired) electrons. The number of pyridine rings is 2. The van der Waals surface area contributed by atoms with Crippen LogP contribution in [0.5, 0.6) is 0 Å². The molecular formula is C14H13F3N4O2. The first-order valence-electron chi connectivity index (χ1n) is 6.42. The van der Waals surface area contributed by atoms with Crippen molar-refractivity contribution in [1.29, 1.82) is 0 Å². The Balaban J connectivity index is 2.47. The molecule has 0 fully saturated rings. The largest absolute Gasteiger partial charge is 0.433 e. The van der Waals surface area contributed by atoms with E-state index in [2.05, 4.69) is 15.4 Å². The molecule has 0 saturated heterocycles. The van der Waals surface area contributed by atoms with Gasteiger partial charge in [0, 0.05) is 25.4 Å². The molecule has 0 saturated carbocycles. The van der Waals surface area contributed by atoms with Gasteiger partial charge in [0.1, 0.15) is 11.5 Å². The first kappa shape index (κ1) is 16.7. The van der Waals surface area contributed by atoms with Gasteiger partial charge in [0.25, 0.3) is 0 Å². The molecule has 0 aliphatic rings. The van der Waals surface area contributed by atoms with Gasteiger partial charge in [-0.25, -0.2) is 4.98 Å². The lowest BCUT2D eigenvalue weighted by atomic mass is 10.2. The molecule has 0 unspecified atom stereocenters. The molecule has 0 aromatic carbocycles. The summed E-state index contributed by atoms with van der Waals surface area (Å²) in [5.41, 5.74) is 1.98. The van der Waals surface area contributed by atoms with E-state index in [0.717, 1.165) is 17.2 Å². The summed E-state index contributed by atoms with van der Waals surface area (Å²) in [5, 5.41) is 0. The molecule has 122 valence electrons. The molecule has 0 bridgehead atoms. The maximum Gasteiger partial charge on any atom is 0.433 e. The Hall–Kier alpha value is -2.68. The Morgan fingerprint density at radius 3 is 2.52 bits per heavy atom. The summed E-state index contributed by atoms with van der Waals surface area (Å²) in [5.74, 6) is -0.342. The van der Waals surface area contributed by atoms with E-state index in [-0.39, 0.29) is 11.5 Å². The van der Waals surface area contributed by atoms with E-state index < -0.39 is 17.8 Å². The summed E-state index contributed by atoms with van der Waals surface area (Å²) in [6.45, 7) is 1.23. The number of halogens is 3. The van der Waals surface area contributed by atoms with Gasteiger partial charge in [0.15, 0.2) is 0 Å². The minimum Gasteiger partial charge on any atom is -0.279 e. The van der Waals surface area contributed by atoms with Gasteiger partial charge in [0.05, 0.1) is 18.5 Å². The average molecular weight is 326 g/mol. The van der Waals surface area contributed by atoms with E-state index in [1.807, 2.05) is 0 Å². The van der Waals surface area contributed by atoms with E-state index in [4.69, 9.17) is 4.84 Å². The molecule has 0 aliphatic carbocycles. The number of aromatic nitrogens is 2. The molecule has 9 heteroatoms. The van der Waals surface area contributed by atoms with Crippen molar-refractivity contribution in [2.45, 2.75) is 13.1 Å². The minimum atomic E-state index is -4.61. The summed E-state index contributed by atoms with van der Waals surface area (Å²) in [4.78, 5) is 25.0. The number of nitrogens with one attached hydrogen (secondary N) is 1. The molecule has 0 aliphatic heterocycles. The Kier molecular flexibility index (Phi) is 4.80. The van der Waals surface area contributed by atoms with Crippen molar-refractivity contribution in [3.05, 3.63) is 42.4 Å². The second-order valence-electron chi connectivity index (χ2n) is 4.46. The highest BCUT2D eigenvalue weighted by Gasteiger charge is 2.33. The molecule has 2 aromatic heterocycles. The van der Waals surface area contributed by atoms with Crippen molar-refractivity contribution in [2.24, 2.45) is 0 Å². The molecule has 2 aromatic rings. The lowest BCUT2D eigenvalue weighted by Crippen LogP contribution is -2.24. The number of rotatable bonds is 4. The zero-order valence-electron chi connectivity index (χ0n) is 12.3. The summed E-state index contributed by atoms with van der Waals surface area (Å²) in [7, 11) is 1.40. The topological polar surface area (TPSA) is 67.3 Å². The van der Waals surface area contributed by atoms with E-state index in [1.54, 1.807) is 6.07 Å². The van der Waals surface area contributed by atoms with Gasteiger partial charge in [0.2, 0.25) is 5.91 Å². The van der Waals surface area contributed by atoms with Crippen molar-refractivity contribution >= 4 is 23.1 Å². The highest BCUT2D eigenvalue weighted by Crippen LogP contribution is 2.32. The fourth-order valence-electron chi connectivity index (χ4n) is 1.91. The monoisotopic (exact) mass is 326 g/mol. The summed E-state index contributed by atoms with van der Waals surface area (Å²) in [6, 6.07) is 5.14. The van der Waals surface area contributed by atoms with Crippen LogP contribution in [0.2, 0.25) is 0 Å². The van der Waals surface area contributed by atoms with Gasteiger partial charge in [-0.1, -0.05) is 0 Å². The molecule has 2 rings (SSSR count). The Morgan fingerprint density at radius 2 is 1.91 bits per heavy atom. The fraction of sp³-hybridized carbons (Fsp3) is 0.214. The van der Waals surface area contributed by atoms with E-state index in [1.165, 1.54) is 32.4 Å². The normalized spacial score (nSPS) is 11.2. The van der Waals surface area contributed by atoms with Gasteiger partial charge in [-0.3, -0.25) is 25.0 Å². The maximum atomic E-state index is 12.8. The number of carbonyl (C=O) groups excluding carboxylic acids is 1. The van der Waals surface area contributed by atoms with Crippen LogP contribution in [0.25, 0.3) is 0 Å². The third-order valence-corrected chi connectivity index (χ3v) is 2.80. The van der Waals surface area contributed by atoms with Crippen molar-refractivity contribution in [2.75, 3.05) is 17.5 Å². The number of carbonyl (C=O) groups is 1. The summed E-state index contributed by atoms with van der Waals surface area (Å²) >= 11 is 0. The second kappa shape index (κ2) is 6.61. The van der Waals surface area contributed by atoms with E-state index in [0.29, 0.717) is 5.69 Å². The van der Waals surface area contributed by atoms with Gasteiger partial charge >= 0.3 is 6.18 Å². The SMILES string of the molecule is CONc1ccnc(N(C(C)=O)c2ccnc(C(F)(F)F)c2)c1. The van der Waals surface area contributed by atoms with Crippen LogP contribution in [-0.2, 0) is 15.8 Å². The van der Waals surface area contributed by atoms with Crippen molar-refractivity contribution in [3.63, 3.8) is 0 Å². The lowest BCUT2D eigenvalue weighted by molar-refractivity contribution is -0.141. The van der Waals surface area contributed by atoms with Crippen LogP contribution in [0.3, 0.4) is 0 Å². The first-order chi connectivity index (χ1) is 10.8. The van der Waals surface area contributed by atoms with Crippen LogP contribution in [0.15, 0.2) is 36.7 Å². The predicted octanol–water partition coefficient (Wildman–Crippen LogP) is 3.15. The molecular weight excluding hydrogens is 313 g/mol. The predicted molar refractivity (Wildman–Crippen MR) is 76.9 cm³/mol. The lowest BCUT2D eigenvalue weighted by Gasteiger charge is -2.21. The van der Waals surface area contributed by atoms with E-state index >= 15 is 0 Å². The summed E-state index contributed by atoms with van der Waals surface area (Å²) < 4.78 is 38.4. The second-order valence-corrected chi connectivity index (χ2v) is 4.46. The molecule has 6 nitrogen and oxygen atoms in total. The molecule has 0 atom stereocenters. The number of nitrogens with zero attached hydrogens (tertiary/aromatic N) is 3. The summed E-state index contributed by atoms with van der Waals surface area (Å²) in [6.07, 6.45) is -2.21. The molecule has 2 heterocycles. The standard InChI is InChI=1S/C14H13F3N4O2/c1-9(22)21(13-7-10(20-23-2)3-5-19-13)11-4-6-18-12(8-11)14(15,16)17/h3-8H,1-2H3,(H,19,20). The smallest absolute Gasteiger partial charge is 0.279 e. The number of amides is 1. The zero-order chi connectivity index (χ0) is 17.0. The Labute approximate surface area is 129 Å². The number of anilines is 3. The number of hydrogen-bond donors (Lipinski definition) is 1. The Bertz CT molecular complexity index is 706. The molecule has 1 N–H and O–H groups in total. The molecule has 0 spiro atoms. The average Bonchev–Trinajstić information content (AvgIpc) is 2.47. The van der Waals surface area contributed by atoms with Crippen LogP contribution < -0.4 is 10.4 Å². The van der Waals surface area contributed by atoms with Crippen LogP contribution in [-0.4, -0.2) is 23.0 Å². The quantitative estimate of drug-likeness (QED) is 0.874. The number of hydrogen-bond acceptors (Lipinski definition) is 5. The minimum absolute atomic E-state index is 0.0156. The van der Waals surface area contributed by atoms with Gasteiger partial charge < -0.3 is 0 Å². The first-order valence-corrected chi connectivity index (χ1v) is 6.42. The third-order valence-electron chi connectivity index (χ3n) is 2.80. The highest BCUT2D eigenvalue weighted by atomic mass is 19.4. The molecule has 1 amide bonds. The highest BCUT2D eigenvalue weighted by molar-refractivity contribution is 5.98. The van der Waals surface area contributed by atoms with Crippen molar-refractivity contribution < 1.29 is 22.8 Å². The van der Waals surface area contributed by atoms with Gasteiger partial charge in [-0.05, 0) is 18.2 Å².